The van der Waals surface area contributed by atoms with E-state index >= 15 is 0 Å². The van der Waals surface area contributed by atoms with Crippen molar-refractivity contribution in [2.24, 2.45) is 0 Å². The van der Waals surface area contributed by atoms with Gasteiger partial charge in [-0.25, -0.2) is 4.68 Å². The Morgan fingerprint density at radius 3 is 2.25 bits per heavy atom. The number of nitrogens with one attached hydrogen (secondary N) is 1. The van der Waals surface area contributed by atoms with Gasteiger partial charge in [-0.3, -0.25) is 4.79 Å². The third kappa shape index (κ3) is 4.52. The number of aromatic nitrogens is 3. The van der Waals surface area contributed by atoms with Gasteiger partial charge in [0.15, 0.2) is 5.82 Å². The van der Waals surface area contributed by atoms with Gasteiger partial charge in [0.25, 0.3) is 5.91 Å². The smallest absolute Gasteiger partial charge is 0.260 e. The van der Waals surface area contributed by atoms with Crippen LogP contribution in [0.15, 0.2) is 54.9 Å². The van der Waals surface area contributed by atoms with Crippen molar-refractivity contribution in [2.75, 3.05) is 6.54 Å². The lowest BCUT2D eigenvalue weighted by Gasteiger charge is -2.38. The van der Waals surface area contributed by atoms with E-state index in [2.05, 4.69) is 45.2 Å². The Kier molecular flexibility index (Phi) is 6.95. The van der Waals surface area contributed by atoms with E-state index in [9.17, 15) is 4.79 Å². The molecule has 1 unspecified atom stereocenters. The molecule has 1 aliphatic heterocycles. The lowest BCUT2D eigenvalue weighted by atomic mass is 10.0. The summed E-state index contributed by atoms with van der Waals surface area (Å²) in [6, 6.07) is 15.3. The van der Waals surface area contributed by atoms with E-state index in [0.29, 0.717) is 11.6 Å². The van der Waals surface area contributed by atoms with Crippen LogP contribution in [0.4, 0.5) is 0 Å². The van der Waals surface area contributed by atoms with Gasteiger partial charge in [0.2, 0.25) is 0 Å². The Balaban J connectivity index is 1.42. The Morgan fingerprint density at radius 2 is 1.53 bits per heavy atom. The molecule has 1 amide bonds. The van der Waals surface area contributed by atoms with Crippen LogP contribution >= 0.6 is 0 Å². The molecule has 0 radical (unpaired) electrons. The summed E-state index contributed by atoms with van der Waals surface area (Å²) in [4.78, 5) is 16.7. The summed E-state index contributed by atoms with van der Waals surface area (Å²) < 4.78 is 4.16. The average molecular weight is 486 g/mol. The van der Waals surface area contributed by atoms with Crippen LogP contribution in [0.5, 0.6) is 0 Å². The van der Waals surface area contributed by atoms with Crippen LogP contribution in [-0.4, -0.2) is 43.8 Å². The second-order valence-electron chi connectivity index (χ2n) is 10.9. The fourth-order valence-electron chi connectivity index (χ4n) is 6.69. The molecule has 6 nitrogen and oxygen atoms in total. The van der Waals surface area contributed by atoms with E-state index in [1.807, 2.05) is 22.9 Å². The Hall–Kier alpha value is -2.86. The first-order valence-electron chi connectivity index (χ1n) is 14.2. The van der Waals surface area contributed by atoms with Crippen molar-refractivity contribution >= 4 is 5.91 Å². The highest BCUT2D eigenvalue weighted by Gasteiger charge is 2.39. The number of para-hydroxylation sites is 1. The molecule has 36 heavy (non-hydrogen) atoms. The van der Waals surface area contributed by atoms with E-state index < -0.39 is 0 Å². The number of carbonyl (C=O) groups excluding carboxylic acids is 1. The second kappa shape index (κ2) is 10.6. The van der Waals surface area contributed by atoms with Crippen LogP contribution in [0.1, 0.15) is 99.1 Å². The van der Waals surface area contributed by atoms with Crippen LogP contribution in [0.2, 0.25) is 0 Å². The molecule has 1 N–H and O–H groups in total. The number of amides is 1. The third-order valence-electron chi connectivity index (χ3n) is 8.57. The number of nitrogens with zero attached hydrogens (tertiary/aromatic N) is 4. The second-order valence-corrected chi connectivity index (χ2v) is 10.9. The average Bonchev–Trinajstić information content (AvgIpc) is 3.33. The highest BCUT2D eigenvalue weighted by atomic mass is 16.2. The normalized spacial score (nSPS) is 21.9. The molecule has 3 aromatic rings. The molecule has 3 aliphatic rings. The number of rotatable bonds is 5. The lowest BCUT2D eigenvalue weighted by Crippen LogP contribution is -2.47. The molecular formula is C30H39N5O. The molecule has 190 valence electrons. The number of hydrogen-bond donors (Lipinski definition) is 1. The highest BCUT2D eigenvalue weighted by molar-refractivity contribution is 5.98. The summed E-state index contributed by atoms with van der Waals surface area (Å²) in [5, 5.41) is 8.65. The minimum absolute atomic E-state index is 0.00970. The van der Waals surface area contributed by atoms with E-state index in [1.165, 1.54) is 69.9 Å². The molecule has 0 saturated heterocycles. The number of carbonyl (C=O) groups is 1. The van der Waals surface area contributed by atoms with Crippen LogP contribution in [0, 0.1) is 0 Å². The van der Waals surface area contributed by atoms with Gasteiger partial charge in [0.05, 0.1) is 17.9 Å². The molecule has 2 aromatic heterocycles. The van der Waals surface area contributed by atoms with Crippen molar-refractivity contribution < 1.29 is 4.79 Å². The predicted molar refractivity (Wildman–Crippen MR) is 143 cm³/mol. The van der Waals surface area contributed by atoms with E-state index in [0.717, 1.165) is 30.9 Å². The van der Waals surface area contributed by atoms with Gasteiger partial charge in [0, 0.05) is 30.5 Å². The fraction of sp³-hybridized carbons (Fsp3) is 0.533. The summed E-state index contributed by atoms with van der Waals surface area (Å²) in [6.45, 7) is 0.806. The van der Waals surface area contributed by atoms with Crippen LogP contribution < -0.4 is 5.32 Å². The zero-order chi connectivity index (χ0) is 24.3. The quantitative estimate of drug-likeness (QED) is 0.438. The zero-order valence-electron chi connectivity index (χ0n) is 21.3. The van der Waals surface area contributed by atoms with Gasteiger partial charge in [-0.2, -0.15) is 5.10 Å². The first-order valence-corrected chi connectivity index (χ1v) is 14.2. The summed E-state index contributed by atoms with van der Waals surface area (Å²) in [7, 11) is 0. The Bertz CT molecular complexity index is 1150. The van der Waals surface area contributed by atoms with Crippen LogP contribution in [-0.2, 0) is 0 Å². The summed E-state index contributed by atoms with van der Waals surface area (Å²) in [5.41, 5.74) is 2.87. The maximum absolute atomic E-state index is 14.4. The topological polar surface area (TPSA) is 55.1 Å². The highest BCUT2D eigenvalue weighted by Crippen LogP contribution is 2.37. The summed E-state index contributed by atoms with van der Waals surface area (Å²) >= 11 is 0. The van der Waals surface area contributed by atoms with Crippen molar-refractivity contribution in [2.45, 2.75) is 95.2 Å². The van der Waals surface area contributed by atoms with Crippen molar-refractivity contribution in [3.8, 4) is 11.5 Å². The summed E-state index contributed by atoms with van der Waals surface area (Å²) in [5.74, 6) is 0.997. The number of fused-ring (bicyclic) bond motifs is 3. The molecular weight excluding hydrogens is 446 g/mol. The fourth-order valence-corrected chi connectivity index (χ4v) is 6.69. The Morgan fingerprint density at radius 1 is 0.833 bits per heavy atom. The van der Waals surface area contributed by atoms with E-state index in [-0.39, 0.29) is 18.0 Å². The predicted octanol–water partition coefficient (Wildman–Crippen LogP) is 6.20. The summed E-state index contributed by atoms with van der Waals surface area (Å²) in [6.07, 6.45) is 18.8. The first-order chi connectivity index (χ1) is 17.8. The number of hydrogen-bond acceptors (Lipinski definition) is 3. The molecule has 0 spiro atoms. The van der Waals surface area contributed by atoms with Gasteiger partial charge < -0.3 is 14.8 Å². The molecule has 1 aromatic carbocycles. The molecule has 6 rings (SSSR count). The molecule has 6 heteroatoms. The van der Waals surface area contributed by atoms with Gasteiger partial charge in [-0.1, -0.05) is 69.6 Å². The first kappa shape index (κ1) is 23.5. The van der Waals surface area contributed by atoms with Gasteiger partial charge in [0.1, 0.15) is 5.56 Å². The number of benzene rings is 1. The monoisotopic (exact) mass is 485 g/mol. The van der Waals surface area contributed by atoms with E-state index in [1.54, 1.807) is 6.20 Å². The minimum Gasteiger partial charge on any atom is -0.326 e. The third-order valence-corrected chi connectivity index (χ3v) is 8.57. The zero-order valence-corrected chi connectivity index (χ0v) is 21.3. The molecule has 3 heterocycles. The van der Waals surface area contributed by atoms with Crippen molar-refractivity contribution in [3.63, 3.8) is 0 Å². The minimum atomic E-state index is 0.00970. The molecule has 0 bridgehead atoms. The molecule has 2 aliphatic carbocycles. The SMILES string of the molecule is O=C1c2cnn(-c3ccccc3)c2-n2cccc2C(CNC2CCCCCC2)N1C1CCCCCC1. The standard InChI is InChI=1S/C30H39N5O/c36-30-26-21-32-35(25-17-10-5-11-18-25)29(26)33-20-12-19-27(33)28(22-31-23-13-6-1-2-7-14-23)34(30)24-15-8-3-4-9-16-24/h5,10-12,17-21,23-24,28,31H,1-4,6-9,13-16,22H2. The van der Waals surface area contributed by atoms with Crippen molar-refractivity contribution in [3.05, 3.63) is 66.1 Å². The van der Waals surface area contributed by atoms with Crippen LogP contribution in [0.25, 0.3) is 11.5 Å². The lowest BCUT2D eigenvalue weighted by molar-refractivity contribution is 0.0537. The van der Waals surface area contributed by atoms with Gasteiger partial charge >= 0.3 is 0 Å². The molecule has 1 atom stereocenters. The Labute approximate surface area is 214 Å². The molecule has 2 saturated carbocycles. The van der Waals surface area contributed by atoms with Crippen molar-refractivity contribution in [1.82, 2.24) is 24.6 Å². The van der Waals surface area contributed by atoms with Gasteiger partial charge in [-0.05, 0) is 49.9 Å². The maximum atomic E-state index is 14.4. The van der Waals surface area contributed by atoms with Gasteiger partial charge in [-0.15, -0.1) is 0 Å². The van der Waals surface area contributed by atoms with E-state index in [4.69, 9.17) is 5.10 Å². The largest absolute Gasteiger partial charge is 0.326 e. The molecule has 2 fully saturated rings. The maximum Gasteiger partial charge on any atom is 0.260 e. The van der Waals surface area contributed by atoms with Crippen molar-refractivity contribution in [1.29, 1.82) is 0 Å². The van der Waals surface area contributed by atoms with Crippen LogP contribution in [0.3, 0.4) is 0 Å².